The van der Waals surface area contributed by atoms with Crippen LogP contribution in [0.15, 0.2) is 30.6 Å². The van der Waals surface area contributed by atoms with Gasteiger partial charge in [0.2, 0.25) is 21.8 Å². The highest BCUT2D eigenvalue weighted by molar-refractivity contribution is 7.93. The van der Waals surface area contributed by atoms with Crippen LogP contribution in [0.1, 0.15) is 35.2 Å². The van der Waals surface area contributed by atoms with Gasteiger partial charge in [0.05, 0.1) is 23.8 Å². The van der Waals surface area contributed by atoms with E-state index in [9.17, 15) is 22.8 Å². The van der Waals surface area contributed by atoms with Gasteiger partial charge in [-0.1, -0.05) is 6.07 Å². The lowest BCUT2D eigenvalue weighted by Gasteiger charge is -2.29. The van der Waals surface area contributed by atoms with E-state index in [1.807, 2.05) is 6.07 Å². The third kappa shape index (κ3) is 3.34. The number of hydrogen-bond acceptors (Lipinski definition) is 7. The van der Waals surface area contributed by atoms with Crippen LogP contribution in [0.5, 0.6) is 0 Å². The number of sulfonamides is 1. The molecule has 2 aromatic rings. The Labute approximate surface area is 178 Å². The fourth-order valence-electron chi connectivity index (χ4n) is 4.23. The minimum atomic E-state index is -3.32. The fourth-order valence-corrected chi connectivity index (χ4v) is 5.73. The van der Waals surface area contributed by atoms with E-state index in [1.165, 1.54) is 21.6 Å². The van der Waals surface area contributed by atoms with Gasteiger partial charge in [-0.15, -0.1) is 0 Å². The van der Waals surface area contributed by atoms with E-state index < -0.39 is 22.0 Å². The molecule has 11 heteroatoms. The van der Waals surface area contributed by atoms with E-state index in [-0.39, 0.29) is 30.5 Å². The van der Waals surface area contributed by atoms with Crippen molar-refractivity contribution in [2.24, 2.45) is 0 Å². The highest BCUT2D eigenvalue weighted by atomic mass is 32.2. The maximum absolute atomic E-state index is 12.8. The molecule has 1 aromatic heterocycles. The summed E-state index contributed by atoms with van der Waals surface area (Å²) in [5.74, 6) is -0.607. The van der Waals surface area contributed by atoms with Crippen LogP contribution in [0.25, 0.3) is 11.3 Å². The molecule has 1 unspecified atom stereocenters. The molecule has 0 bridgehead atoms. The number of nitrogens with one attached hydrogen (secondary N) is 1. The van der Waals surface area contributed by atoms with Gasteiger partial charge in [-0.05, 0) is 30.5 Å². The number of imide groups is 1. The summed E-state index contributed by atoms with van der Waals surface area (Å²) in [6, 6.07) is 4.61. The molecule has 2 saturated heterocycles. The van der Waals surface area contributed by atoms with E-state index in [4.69, 9.17) is 0 Å². The lowest BCUT2D eigenvalue weighted by Crippen LogP contribution is -2.52. The minimum Gasteiger partial charge on any atom is -0.322 e. The summed E-state index contributed by atoms with van der Waals surface area (Å²) in [5, 5.41) is 2.29. The van der Waals surface area contributed by atoms with Gasteiger partial charge in [-0.3, -0.25) is 29.0 Å². The van der Waals surface area contributed by atoms with Gasteiger partial charge in [0, 0.05) is 30.6 Å². The molecule has 0 spiro atoms. The zero-order valence-corrected chi connectivity index (χ0v) is 17.3. The second-order valence-electron chi connectivity index (χ2n) is 7.77. The molecule has 3 amide bonds. The molecular weight excluding hydrogens is 422 g/mol. The van der Waals surface area contributed by atoms with E-state index in [2.05, 4.69) is 15.3 Å². The van der Waals surface area contributed by atoms with Gasteiger partial charge in [-0.2, -0.15) is 0 Å². The summed E-state index contributed by atoms with van der Waals surface area (Å²) in [4.78, 5) is 46.5. The normalized spacial score (nSPS) is 22.6. The molecule has 0 radical (unpaired) electrons. The Morgan fingerprint density at radius 1 is 1.10 bits per heavy atom. The van der Waals surface area contributed by atoms with Crippen molar-refractivity contribution in [2.75, 3.05) is 16.6 Å². The van der Waals surface area contributed by atoms with E-state index >= 15 is 0 Å². The highest BCUT2D eigenvalue weighted by Gasteiger charge is 2.39. The first-order chi connectivity index (χ1) is 14.8. The van der Waals surface area contributed by atoms with Crippen LogP contribution >= 0.6 is 0 Å². The van der Waals surface area contributed by atoms with Gasteiger partial charge in [0.25, 0.3) is 5.91 Å². The first kappa shape index (κ1) is 19.6. The number of fused-ring (bicyclic) bond motifs is 1. The first-order valence-corrected chi connectivity index (χ1v) is 11.5. The number of benzene rings is 1. The molecule has 1 aromatic carbocycles. The van der Waals surface area contributed by atoms with Crippen molar-refractivity contribution < 1.29 is 22.8 Å². The summed E-state index contributed by atoms with van der Waals surface area (Å²) in [5.41, 5.74) is 2.57. The fraction of sp³-hybridized carbons (Fsp3) is 0.350. The van der Waals surface area contributed by atoms with Crippen LogP contribution in [-0.4, -0.2) is 59.3 Å². The number of carbonyl (C=O) groups is 3. The lowest BCUT2D eigenvalue weighted by atomic mass is 10.0. The van der Waals surface area contributed by atoms with Crippen LogP contribution in [0.2, 0.25) is 0 Å². The largest absolute Gasteiger partial charge is 0.322 e. The first-order valence-electron chi connectivity index (χ1n) is 9.94. The van der Waals surface area contributed by atoms with Crippen molar-refractivity contribution in [1.82, 2.24) is 20.2 Å². The monoisotopic (exact) mass is 441 g/mol. The number of anilines is 1. The Morgan fingerprint density at radius 2 is 1.94 bits per heavy atom. The second kappa shape index (κ2) is 7.12. The molecule has 3 aliphatic rings. The quantitative estimate of drug-likeness (QED) is 0.684. The number of aromatic nitrogens is 2. The molecule has 31 heavy (non-hydrogen) atoms. The average Bonchev–Trinajstić information content (AvgIpc) is 3.26. The van der Waals surface area contributed by atoms with Gasteiger partial charge < -0.3 is 4.90 Å². The van der Waals surface area contributed by atoms with E-state index in [1.54, 1.807) is 12.1 Å². The standard InChI is InChI=1S/C20H19N5O5S/c26-18-5-4-16(19(27)23-18)24-11-13-8-12(2-3-14(13)20(24)28)15-9-22-17(10-21-15)25-6-1-7-31(25,29)30/h2-3,8-10,16H,1,4-7,11H2,(H,23,26,27). The zero-order chi connectivity index (χ0) is 21.8. The molecule has 160 valence electrons. The number of carbonyl (C=O) groups excluding carboxylic acids is 3. The maximum atomic E-state index is 12.8. The summed E-state index contributed by atoms with van der Waals surface area (Å²) < 4.78 is 25.4. The Balaban J connectivity index is 1.38. The smallest absolute Gasteiger partial charge is 0.255 e. The van der Waals surface area contributed by atoms with Crippen molar-refractivity contribution in [3.8, 4) is 11.3 Å². The molecule has 5 rings (SSSR count). The molecule has 1 atom stereocenters. The van der Waals surface area contributed by atoms with Crippen molar-refractivity contribution in [3.63, 3.8) is 0 Å². The average molecular weight is 441 g/mol. The molecule has 0 saturated carbocycles. The second-order valence-corrected chi connectivity index (χ2v) is 9.79. The number of nitrogens with zero attached hydrogens (tertiary/aromatic N) is 4. The zero-order valence-electron chi connectivity index (χ0n) is 16.4. The number of piperidine rings is 1. The summed E-state index contributed by atoms with van der Waals surface area (Å²) in [7, 11) is -3.32. The lowest BCUT2D eigenvalue weighted by molar-refractivity contribution is -0.136. The third-order valence-electron chi connectivity index (χ3n) is 5.81. The predicted octanol–water partition coefficient (Wildman–Crippen LogP) is 0.445. The van der Waals surface area contributed by atoms with Crippen molar-refractivity contribution in [2.45, 2.75) is 31.8 Å². The number of amides is 3. The van der Waals surface area contributed by atoms with Gasteiger partial charge in [0.1, 0.15) is 6.04 Å². The van der Waals surface area contributed by atoms with E-state index in [0.717, 1.165) is 11.1 Å². The van der Waals surface area contributed by atoms with Crippen molar-refractivity contribution in [3.05, 3.63) is 41.7 Å². The Bertz CT molecular complexity index is 1210. The molecule has 3 aliphatic heterocycles. The third-order valence-corrected chi connectivity index (χ3v) is 7.66. The minimum absolute atomic E-state index is 0.110. The Hall–Kier alpha value is -3.34. The van der Waals surface area contributed by atoms with Crippen LogP contribution in [0.3, 0.4) is 0 Å². The number of hydrogen-bond donors (Lipinski definition) is 1. The summed E-state index contributed by atoms with van der Waals surface area (Å²) in [6.45, 7) is 0.666. The number of rotatable bonds is 3. The summed E-state index contributed by atoms with van der Waals surface area (Å²) >= 11 is 0. The topological polar surface area (TPSA) is 130 Å². The molecule has 1 N–H and O–H groups in total. The predicted molar refractivity (Wildman–Crippen MR) is 109 cm³/mol. The Morgan fingerprint density at radius 3 is 2.61 bits per heavy atom. The summed E-state index contributed by atoms with van der Waals surface area (Å²) in [6.07, 6.45) is 4.03. The van der Waals surface area contributed by atoms with Crippen LogP contribution < -0.4 is 9.62 Å². The molecule has 0 aliphatic carbocycles. The molecule has 10 nitrogen and oxygen atoms in total. The van der Waals surface area contributed by atoms with Crippen LogP contribution in [0.4, 0.5) is 5.82 Å². The van der Waals surface area contributed by atoms with Crippen LogP contribution in [0, 0.1) is 0 Å². The van der Waals surface area contributed by atoms with Crippen molar-refractivity contribution in [1.29, 1.82) is 0 Å². The molecule has 2 fully saturated rings. The van der Waals surface area contributed by atoms with Gasteiger partial charge in [-0.25, -0.2) is 13.4 Å². The van der Waals surface area contributed by atoms with Crippen molar-refractivity contribution >= 4 is 33.6 Å². The SMILES string of the molecule is O=C1CCC(N2Cc3cc(-c4cnc(N5CCCS5(=O)=O)cn4)ccc3C2=O)C(=O)N1. The Kier molecular flexibility index (Phi) is 4.50. The van der Waals surface area contributed by atoms with Crippen LogP contribution in [-0.2, 0) is 26.2 Å². The highest BCUT2D eigenvalue weighted by Crippen LogP contribution is 2.31. The molecular formula is C20H19N5O5S. The van der Waals surface area contributed by atoms with E-state index in [0.29, 0.717) is 36.5 Å². The van der Waals surface area contributed by atoms with Gasteiger partial charge in [0.15, 0.2) is 5.82 Å². The van der Waals surface area contributed by atoms with Gasteiger partial charge >= 0.3 is 0 Å². The molecule has 4 heterocycles. The maximum Gasteiger partial charge on any atom is 0.255 e.